The van der Waals surface area contributed by atoms with Crippen LogP contribution in [0.4, 0.5) is 5.95 Å². The topological polar surface area (TPSA) is 102 Å². The number of unbranched alkanes of at least 4 members (excludes halogenated alkanes) is 1. The van der Waals surface area contributed by atoms with E-state index in [9.17, 15) is 4.79 Å². The molecule has 2 N–H and O–H groups in total. The summed E-state index contributed by atoms with van der Waals surface area (Å²) < 4.78 is 12.6. The Morgan fingerprint density at radius 3 is 2.71 bits per heavy atom. The second-order valence-electron chi connectivity index (χ2n) is 7.12. The van der Waals surface area contributed by atoms with E-state index in [1.807, 2.05) is 31.2 Å². The van der Waals surface area contributed by atoms with Gasteiger partial charge in [-0.15, -0.1) is 16.4 Å². The van der Waals surface area contributed by atoms with Crippen LogP contribution in [0.15, 0.2) is 36.4 Å². The number of benzene rings is 2. The van der Waals surface area contributed by atoms with E-state index >= 15 is 0 Å². The zero-order valence-corrected chi connectivity index (χ0v) is 18.4. The van der Waals surface area contributed by atoms with E-state index < -0.39 is 0 Å². The Morgan fingerprint density at radius 2 is 2.03 bits per heavy atom. The fourth-order valence-corrected chi connectivity index (χ4v) is 4.37. The SMILES string of the molecule is CCCCc1ccc(Oc2c(C(=O)Nc3nn[nH]n3)sc3cc(C)c(OC)cc23)cc1. The number of ether oxygens (including phenoxy) is 2. The zero-order chi connectivity index (χ0) is 21.8. The number of aryl methyl sites for hydroxylation is 2. The number of amides is 1. The second-order valence-corrected chi connectivity index (χ2v) is 8.17. The number of H-pyrrole nitrogens is 1. The van der Waals surface area contributed by atoms with Gasteiger partial charge in [0.15, 0.2) is 5.75 Å². The molecule has 31 heavy (non-hydrogen) atoms. The summed E-state index contributed by atoms with van der Waals surface area (Å²) in [4.78, 5) is 13.4. The number of fused-ring (bicyclic) bond motifs is 1. The summed E-state index contributed by atoms with van der Waals surface area (Å²) in [5.74, 6) is 1.60. The number of anilines is 1. The molecule has 1 amide bonds. The smallest absolute Gasteiger partial charge is 0.272 e. The first kappa shape index (κ1) is 20.8. The molecule has 2 aromatic heterocycles. The molecule has 0 unspecified atom stereocenters. The van der Waals surface area contributed by atoms with Crippen LogP contribution in [-0.2, 0) is 6.42 Å². The molecule has 0 saturated heterocycles. The van der Waals surface area contributed by atoms with Gasteiger partial charge in [-0.1, -0.05) is 30.6 Å². The highest BCUT2D eigenvalue weighted by atomic mass is 32.1. The van der Waals surface area contributed by atoms with Crippen molar-refractivity contribution in [1.82, 2.24) is 20.6 Å². The van der Waals surface area contributed by atoms with Crippen LogP contribution in [0.25, 0.3) is 10.1 Å². The number of hydrogen-bond acceptors (Lipinski definition) is 7. The van der Waals surface area contributed by atoms with Gasteiger partial charge >= 0.3 is 0 Å². The molecule has 9 heteroatoms. The molecule has 8 nitrogen and oxygen atoms in total. The fraction of sp³-hybridized carbons (Fsp3) is 0.273. The molecule has 2 aromatic carbocycles. The van der Waals surface area contributed by atoms with Crippen molar-refractivity contribution in [2.45, 2.75) is 33.1 Å². The lowest BCUT2D eigenvalue weighted by Gasteiger charge is -2.10. The molecule has 0 aliphatic heterocycles. The number of nitrogens with one attached hydrogen (secondary N) is 2. The Bertz CT molecular complexity index is 1190. The molecule has 160 valence electrons. The molecule has 4 aromatic rings. The van der Waals surface area contributed by atoms with Gasteiger partial charge in [0.1, 0.15) is 16.4 Å². The summed E-state index contributed by atoms with van der Waals surface area (Å²) in [7, 11) is 1.62. The highest BCUT2D eigenvalue weighted by molar-refractivity contribution is 7.21. The molecule has 0 spiro atoms. The molecule has 2 heterocycles. The minimum absolute atomic E-state index is 0.0995. The van der Waals surface area contributed by atoms with E-state index in [2.05, 4.69) is 45.0 Å². The molecule has 0 saturated carbocycles. The molecule has 0 fully saturated rings. The van der Waals surface area contributed by atoms with Gasteiger partial charge in [0.25, 0.3) is 11.9 Å². The number of tetrazole rings is 1. The number of rotatable bonds is 8. The molecule has 4 rings (SSSR count). The third kappa shape index (κ3) is 4.51. The third-order valence-electron chi connectivity index (χ3n) is 4.90. The lowest BCUT2D eigenvalue weighted by Crippen LogP contribution is -2.12. The maximum atomic E-state index is 13.0. The monoisotopic (exact) mass is 437 g/mol. The number of aromatic nitrogens is 4. The largest absolute Gasteiger partial charge is 0.496 e. The predicted octanol–water partition coefficient (Wildman–Crippen LogP) is 5.12. The van der Waals surface area contributed by atoms with E-state index in [4.69, 9.17) is 9.47 Å². The number of nitrogens with zero attached hydrogens (tertiary/aromatic N) is 3. The van der Waals surface area contributed by atoms with E-state index in [0.717, 1.165) is 40.7 Å². The molecule has 0 aliphatic rings. The van der Waals surface area contributed by atoms with Crippen LogP contribution in [-0.4, -0.2) is 33.6 Å². The number of carbonyl (C=O) groups is 1. The van der Waals surface area contributed by atoms with Crippen molar-refractivity contribution < 1.29 is 14.3 Å². The summed E-state index contributed by atoms with van der Waals surface area (Å²) in [6.07, 6.45) is 3.33. The van der Waals surface area contributed by atoms with Crippen molar-refractivity contribution in [2.24, 2.45) is 0 Å². The van der Waals surface area contributed by atoms with Crippen molar-refractivity contribution in [3.63, 3.8) is 0 Å². The lowest BCUT2D eigenvalue weighted by atomic mass is 10.1. The van der Waals surface area contributed by atoms with Gasteiger partial charge in [-0.05, 0) is 60.4 Å². The molecular formula is C22H23N5O3S. The van der Waals surface area contributed by atoms with Crippen molar-refractivity contribution in [3.8, 4) is 17.2 Å². The van der Waals surface area contributed by atoms with E-state index in [1.165, 1.54) is 16.9 Å². The summed E-state index contributed by atoms with van der Waals surface area (Å²) in [6, 6.07) is 11.9. The van der Waals surface area contributed by atoms with Crippen molar-refractivity contribution in [3.05, 3.63) is 52.4 Å². The zero-order valence-electron chi connectivity index (χ0n) is 17.6. The van der Waals surface area contributed by atoms with Gasteiger partial charge < -0.3 is 9.47 Å². The second kappa shape index (κ2) is 9.13. The Morgan fingerprint density at radius 1 is 1.23 bits per heavy atom. The van der Waals surface area contributed by atoms with Crippen molar-refractivity contribution >= 4 is 33.3 Å². The van der Waals surface area contributed by atoms with E-state index in [1.54, 1.807) is 7.11 Å². The van der Waals surface area contributed by atoms with Crippen molar-refractivity contribution in [1.29, 1.82) is 0 Å². The molecule has 0 radical (unpaired) electrons. The number of aromatic amines is 1. The summed E-state index contributed by atoms with van der Waals surface area (Å²) >= 11 is 1.34. The Labute approximate surface area is 183 Å². The number of thiophene rings is 1. The van der Waals surface area contributed by atoms with Gasteiger partial charge in [0, 0.05) is 10.1 Å². The number of carbonyl (C=O) groups excluding carboxylic acids is 1. The van der Waals surface area contributed by atoms with Gasteiger partial charge in [0.2, 0.25) is 0 Å². The van der Waals surface area contributed by atoms with Crippen LogP contribution in [0.5, 0.6) is 17.2 Å². The van der Waals surface area contributed by atoms with Crippen LogP contribution in [0.1, 0.15) is 40.6 Å². The Balaban J connectivity index is 1.72. The normalized spacial score (nSPS) is 10.9. The highest BCUT2D eigenvalue weighted by Crippen LogP contribution is 2.43. The average Bonchev–Trinajstić information content (AvgIpc) is 3.40. The molecule has 0 bridgehead atoms. The lowest BCUT2D eigenvalue weighted by molar-refractivity contribution is 0.102. The summed E-state index contributed by atoms with van der Waals surface area (Å²) in [6.45, 7) is 4.14. The van der Waals surface area contributed by atoms with E-state index in [-0.39, 0.29) is 11.9 Å². The Kier molecular flexibility index (Phi) is 6.13. The van der Waals surface area contributed by atoms with Crippen LogP contribution < -0.4 is 14.8 Å². The molecular weight excluding hydrogens is 414 g/mol. The number of methoxy groups -OCH3 is 1. The summed E-state index contributed by atoms with van der Waals surface area (Å²) in [5.41, 5.74) is 2.24. The van der Waals surface area contributed by atoms with Crippen molar-refractivity contribution in [2.75, 3.05) is 12.4 Å². The standard InChI is InChI=1S/C22H23N5O3S/c1-4-5-6-14-7-9-15(10-8-14)30-19-16-12-17(29-3)13(2)11-18(16)31-20(19)21(28)23-22-24-26-27-25-22/h7-12H,4-6H2,1-3H3,(H2,23,24,25,26,27,28). The van der Waals surface area contributed by atoms with Crippen LogP contribution in [0.3, 0.4) is 0 Å². The van der Waals surface area contributed by atoms with E-state index in [0.29, 0.717) is 16.4 Å². The van der Waals surface area contributed by atoms with Gasteiger partial charge in [-0.2, -0.15) is 5.21 Å². The fourth-order valence-electron chi connectivity index (χ4n) is 3.27. The van der Waals surface area contributed by atoms with Gasteiger partial charge in [-0.3, -0.25) is 10.1 Å². The number of hydrogen-bond donors (Lipinski definition) is 2. The first-order valence-corrected chi connectivity index (χ1v) is 10.8. The highest BCUT2D eigenvalue weighted by Gasteiger charge is 2.23. The van der Waals surface area contributed by atoms with Crippen LogP contribution in [0, 0.1) is 6.92 Å². The third-order valence-corrected chi connectivity index (χ3v) is 6.03. The minimum Gasteiger partial charge on any atom is -0.496 e. The van der Waals surface area contributed by atoms with Crippen LogP contribution >= 0.6 is 11.3 Å². The average molecular weight is 438 g/mol. The van der Waals surface area contributed by atoms with Crippen LogP contribution in [0.2, 0.25) is 0 Å². The molecule has 0 atom stereocenters. The maximum absolute atomic E-state index is 13.0. The first-order chi connectivity index (χ1) is 15.1. The Hall–Kier alpha value is -3.46. The maximum Gasteiger partial charge on any atom is 0.272 e. The van der Waals surface area contributed by atoms with Gasteiger partial charge in [-0.25, -0.2) is 0 Å². The summed E-state index contributed by atoms with van der Waals surface area (Å²) in [5, 5.41) is 16.8. The minimum atomic E-state index is -0.367. The van der Waals surface area contributed by atoms with Gasteiger partial charge in [0.05, 0.1) is 7.11 Å². The molecule has 0 aliphatic carbocycles. The predicted molar refractivity (Wildman–Crippen MR) is 120 cm³/mol. The first-order valence-electron chi connectivity index (χ1n) is 10.0. The quantitative estimate of drug-likeness (QED) is 0.397.